The molecule has 2 aromatic heterocycles. The molecule has 6 heteroatoms. The van der Waals surface area contributed by atoms with E-state index >= 15 is 0 Å². The molecule has 0 N–H and O–H groups in total. The van der Waals surface area contributed by atoms with Crippen molar-refractivity contribution in [3.05, 3.63) is 127 Å². The fourth-order valence-electron chi connectivity index (χ4n) is 5.55. The predicted molar refractivity (Wildman–Crippen MR) is 167 cm³/mol. The van der Waals surface area contributed by atoms with Crippen LogP contribution in [0.15, 0.2) is 97.2 Å². The molecule has 0 atom stereocenters. The summed E-state index contributed by atoms with van der Waals surface area (Å²) in [5, 5.41) is 2.29. The summed E-state index contributed by atoms with van der Waals surface area (Å²) in [6, 6.07) is 38.5. The second kappa shape index (κ2) is 11.0. The molecule has 0 saturated carbocycles. The van der Waals surface area contributed by atoms with Crippen LogP contribution in [0.4, 0.5) is 17.1 Å². The van der Waals surface area contributed by atoms with Gasteiger partial charge in [0, 0.05) is 49.9 Å². The molecule has 0 bridgehead atoms. The third-order valence-corrected chi connectivity index (χ3v) is 7.66. The maximum absolute atomic E-state index is 6.40. The van der Waals surface area contributed by atoms with E-state index in [0.717, 1.165) is 39.2 Å². The Hall–Kier alpha value is -4.08. The maximum Gasteiger partial charge on any atom is 0.135 e. The Balaban J connectivity index is 0.00000316. The van der Waals surface area contributed by atoms with Crippen LogP contribution in [0.5, 0.6) is 5.75 Å². The molecule has 6 aromatic rings. The molecule has 5 nitrogen and oxygen atoms in total. The third-order valence-electron chi connectivity index (χ3n) is 7.66. The molecule has 0 saturated heterocycles. The van der Waals surface area contributed by atoms with E-state index in [1.807, 2.05) is 30.5 Å². The van der Waals surface area contributed by atoms with Crippen LogP contribution >= 0.6 is 0 Å². The van der Waals surface area contributed by atoms with Crippen molar-refractivity contribution in [2.24, 2.45) is 0 Å². The fourth-order valence-corrected chi connectivity index (χ4v) is 5.55. The van der Waals surface area contributed by atoms with E-state index in [9.17, 15) is 0 Å². The van der Waals surface area contributed by atoms with Crippen molar-refractivity contribution >= 4 is 38.9 Å². The van der Waals surface area contributed by atoms with Crippen LogP contribution in [0.3, 0.4) is 0 Å². The number of benzene rings is 4. The molecule has 4 aromatic carbocycles. The van der Waals surface area contributed by atoms with Gasteiger partial charge in [0.25, 0.3) is 0 Å². The average Bonchev–Trinajstić information content (AvgIpc) is 3.50. The van der Waals surface area contributed by atoms with Crippen molar-refractivity contribution in [1.29, 1.82) is 0 Å². The Labute approximate surface area is 261 Å². The summed E-state index contributed by atoms with van der Waals surface area (Å²) in [6.07, 6.45) is 1.82. The molecule has 7 rings (SSSR count). The molecule has 0 spiro atoms. The number of nitrogens with zero attached hydrogens (tertiary/aromatic N) is 4. The molecule has 0 amide bonds. The Morgan fingerprint density at radius 3 is 2.38 bits per heavy atom. The quantitative estimate of drug-likeness (QED) is 0.167. The van der Waals surface area contributed by atoms with Crippen LogP contribution in [0.25, 0.3) is 27.6 Å². The van der Waals surface area contributed by atoms with E-state index in [2.05, 4.69) is 133 Å². The van der Waals surface area contributed by atoms with Gasteiger partial charge in [-0.3, -0.25) is 0 Å². The molecule has 42 heavy (non-hydrogen) atoms. The van der Waals surface area contributed by atoms with Crippen molar-refractivity contribution < 1.29 is 25.8 Å². The summed E-state index contributed by atoms with van der Waals surface area (Å²) in [7, 11) is 2.08. The van der Waals surface area contributed by atoms with Gasteiger partial charge in [-0.15, -0.1) is 34.8 Å². The summed E-state index contributed by atoms with van der Waals surface area (Å²) < 4.78 is 8.56. The fraction of sp³-hybridized carbons (Fsp3) is 0.167. The summed E-state index contributed by atoms with van der Waals surface area (Å²) in [5.74, 6) is 1.54. The van der Waals surface area contributed by atoms with Gasteiger partial charge in [0.05, 0.1) is 6.61 Å². The minimum Gasteiger partial charge on any atom is -0.517 e. The first-order valence-electron chi connectivity index (χ1n) is 13.9. The van der Waals surface area contributed by atoms with Gasteiger partial charge in [-0.2, -0.15) is 30.4 Å². The Bertz CT molecular complexity index is 1890. The molecule has 0 aliphatic carbocycles. The van der Waals surface area contributed by atoms with E-state index in [1.54, 1.807) is 0 Å². The van der Waals surface area contributed by atoms with Gasteiger partial charge >= 0.3 is 0 Å². The number of pyridine rings is 1. The molecule has 1 aliphatic rings. The first kappa shape index (κ1) is 28.1. The van der Waals surface area contributed by atoms with Crippen LogP contribution < -0.4 is 14.5 Å². The Morgan fingerprint density at radius 2 is 1.60 bits per heavy atom. The molecule has 0 unspecified atom stereocenters. The Kier molecular flexibility index (Phi) is 7.32. The smallest absolute Gasteiger partial charge is 0.135 e. The maximum atomic E-state index is 6.40. The van der Waals surface area contributed by atoms with Gasteiger partial charge in [-0.25, -0.2) is 4.98 Å². The van der Waals surface area contributed by atoms with Crippen molar-refractivity contribution in [3.63, 3.8) is 0 Å². The topological polar surface area (TPSA) is 33.5 Å². The van der Waals surface area contributed by atoms with Crippen LogP contribution in [0, 0.1) is 18.8 Å². The zero-order valence-electron chi connectivity index (χ0n) is 24.0. The van der Waals surface area contributed by atoms with Gasteiger partial charge in [-0.1, -0.05) is 62.7 Å². The van der Waals surface area contributed by atoms with Gasteiger partial charge in [0.2, 0.25) is 0 Å². The Morgan fingerprint density at radius 1 is 0.833 bits per heavy atom. The van der Waals surface area contributed by atoms with Crippen LogP contribution in [0.2, 0.25) is 0 Å². The minimum atomic E-state index is -0.0294. The van der Waals surface area contributed by atoms with Crippen molar-refractivity contribution in [3.8, 4) is 11.6 Å². The largest absolute Gasteiger partial charge is 0.517 e. The first-order valence-corrected chi connectivity index (χ1v) is 13.9. The minimum absolute atomic E-state index is 0. The summed E-state index contributed by atoms with van der Waals surface area (Å²) >= 11 is 0. The van der Waals surface area contributed by atoms with E-state index in [1.165, 1.54) is 16.6 Å². The first-order chi connectivity index (χ1) is 19.9. The number of ether oxygens (including phenoxy) is 1. The molecular formula is C36H31N4OPt-3. The van der Waals surface area contributed by atoms with Crippen molar-refractivity contribution in [2.45, 2.75) is 32.8 Å². The van der Waals surface area contributed by atoms with Gasteiger partial charge in [0.1, 0.15) is 5.82 Å². The second-order valence-electron chi connectivity index (χ2n) is 11.5. The molecule has 3 heterocycles. The summed E-state index contributed by atoms with van der Waals surface area (Å²) in [5.41, 5.74) is 7.56. The van der Waals surface area contributed by atoms with Crippen LogP contribution in [0.1, 0.15) is 31.9 Å². The number of fused-ring (bicyclic) bond motifs is 4. The van der Waals surface area contributed by atoms with Gasteiger partial charge in [-0.05, 0) is 48.2 Å². The van der Waals surface area contributed by atoms with Crippen molar-refractivity contribution in [2.75, 3.05) is 16.8 Å². The van der Waals surface area contributed by atoms with Crippen LogP contribution in [-0.2, 0) is 33.1 Å². The normalized spacial score (nSPS) is 13.0. The molecule has 0 fully saturated rings. The zero-order chi connectivity index (χ0) is 28.1. The average molecular weight is 731 g/mol. The summed E-state index contributed by atoms with van der Waals surface area (Å²) in [6.45, 7) is 9.22. The number of rotatable bonds is 5. The summed E-state index contributed by atoms with van der Waals surface area (Å²) in [4.78, 5) is 8.98. The number of hydrogen-bond acceptors (Lipinski definition) is 4. The standard InChI is InChI=1S/C36H31N4O.Pt/c1-36(2,3)26-19-25(20-27(21-26)39-24-38(4)32-13-7-8-14-33(32)39)23-41-28-16-17-30-29-11-5-6-12-31(29)40(34(30)22-28)35-15-9-10-18-37-35;/h5-19,21,24H,23H2,1-4H3;/q-3;. The third kappa shape index (κ3) is 4.97. The molecule has 1 aliphatic heterocycles. The molecule has 214 valence electrons. The van der Waals surface area contributed by atoms with E-state index in [-0.39, 0.29) is 26.5 Å². The number of para-hydroxylation sites is 3. The monoisotopic (exact) mass is 730 g/mol. The predicted octanol–water partition coefficient (Wildman–Crippen LogP) is 8.36. The SMILES string of the molecule is CN1[CH-]N(c2[c-]c(COc3[c-]c4c(cc3)c3ccccc3n4-c3ccccn3)cc(C(C)(C)C)c2)c2ccccc21.[Pt]. The van der Waals surface area contributed by atoms with E-state index in [0.29, 0.717) is 12.4 Å². The zero-order valence-corrected chi connectivity index (χ0v) is 26.3. The van der Waals surface area contributed by atoms with Gasteiger partial charge in [0.15, 0.2) is 0 Å². The number of aromatic nitrogens is 2. The van der Waals surface area contributed by atoms with Gasteiger partial charge < -0.3 is 19.1 Å². The molecule has 0 radical (unpaired) electrons. The number of hydrogen-bond donors (Lipinski definition) is 0. The number of anilines is 3. The second-order valence-corrected chi connectivity index (χ2v) is 11.5. The molecular weight excluding hydrogens is 700 g/mol. The van der Waals surface area contributed by atoms with E-state index in [4.69, 9.17) is 4.74 Å². The van der Waals surface area contributed by atoms with Crippen molar-refractivity contribution in [1.82, 2.24) is 9.55 Å². The van der Waals surface area contributed by atoms with Crippen LogP contribution in [-0.4, -0.2) is 16.6 Å². The van der Waals surface area contributed by atoms with E-state index < -0.39 is 0 Å².